The van der Waals surface area contributed by atoms with Gasteiger partial charge in [0.1, 0.15) is 5.92 Å². The Morgan fingerprint density at radius 2 is 2.10 bits per heavy atom. The number of hydrogen-bond acceptors (Lipinski definition) is 3. The number of rotatable bonds is 4. The third-order valence-electron chi connectivity index (χ3n) is 3.21. The van der Waals surface area contributed by atoms with E-state index in [1.165, 1.54) is 0 Å². The molecule has 110 valence electrons. The number of carbonyl (C=O) groups excluding carboxylic acids is 2. The summed E-state index contributed by atoms with van der Waals surface area (Å²) in [5, 5.41) is 2.69. The highest BCUT2D eigenvalue weighted by molar-refractivity contribution is 6.08. The molecule has 0 bridgehead atoms. The summed E-state index contributed by atoms with van der Waals surface area (Å²) in [6, 6.07) is 8.79. The van der Waals surface area contributed by atoms with Gasteiger partial charge in [0.15, 0.2) is 0 Å². The molecule has 2 amide bonds. The number of amides is 2. The van der Waals surface area contributed by atoms with Crippen molar-refractivity contribution in [1.82, 2.24) is 5.32 Å². The second-order valence-corrected chi connectivity index (χ2v) is 4.73. The molecular formula is C16H18N2O3. The van der Waals surface area contributed by atoms with Gasteiger partial charge in [-0.25, -0.2) is 9.79 Å². The van der Waals surface area contributed by atoms with Crippen molar-refractivity contribution in [3.63, 3.8) is 0 Å². The molecule has 0 fully saturated rings. The maximum atomic E-state index is 12.0. The lowest BCUT2D eigenvalue weighted by Crippen LogP contribution is -2.49. The largest absolute Gasteiger partial charge is 0.465 e. The van der Waals surface area contributed by atoms with E-state index in [1.807, 2.05) is 36.4 Å². The molecule has 0 aliphatic carbocycles. The van der Waals surface area contributed by atoms with Crippen molar-refractivity contribution < 1.29 is 14.3 Å². The molecule has 0 saturated carbocycles. The third kappa shape index (κ3) is 3.78. The highest BCUT2D eigenvalue weighted by Crippen LogP contribution is 2.17. The first kappa shape index (κ1) is 15.0. The Morgan fingerprint density at radius 3 is 2.76 bits per heavy atom. The monoisotopic (exact) mass is 286 g/mol. The number of urea groups is 1. The normalized spacial score (nSPS) is 21.8. The second kappa shape index (κ2) is 6.83. The smallest absolute Gasteiger partial charge is 0.341 e. The average Bonchev–Trinajstić information content (AvgIpc) is 2.45. The van der Waals surface area contributed by atoms with Crippen LogP contribution in [-0.2, 0) is 9.53 Å². The lowest BCUT2D eigenvalue weighted by molar-refractivity contribution is -0.146. The van der Waals surface area contributed by atoms with Crippen LogP contribution >= 0.6 is 0 Å². The Labute approximate surface area is 123 Å². The van der Waals surface area contributed by atoms with Crippen LogP contribution in [0.15, 0.2) is 41.4 Å². The molecule has 1 aromatic rings. The van der Waals surface area contributed by atoms with E-state index >= 15 is 0 Å². The molecule has 1 aliphatic heterocycles. The molecule has 5 heteroatoms. The summed E-state index contributed by atoms with van der Waals surface area (Å²) in [6.45, 7) is 3.72. The van der Waals surface area contributed by atoms with Crippen LogP contribution in [0.3, 0.4) is 0 Å². The van der Waals surface area contributed by atoms with Crippen molar-refractivity contribution in [2.24, 2.45) is 10.9 Å². The summed E-state index contributed by atoms with van der Waals surface area (Å²) >= 11 is 0. The van der Waals surface area contributed by atoms with E-state index in [-0.39, 0.29) is 5.97 Å². The van der Waals surface area contributed by atoms with E-state index in [2.05, 4.69) is 10.3 Å². The Kier molecular flexibility index (Phi) is 4.87. The number of aliphatic imine (C=N–C) groups is 1. The fourth-order valence-electron chi connectivity index (χ4n) is 2.24. The van der Waals surface area contributed by atoms with E-state index in [9.17, 15) is 9.59 Å². The second-order valence-electron chi connectivity index (χ2n) is 4.73. The molecule has 0 radical (unpaired) electrons. The molecule has 1 aromatic carbocycles. The standard InChI is InChI=1S/C16H18N2O3/c1-3-21-15(19)14-11(2)17-16(20)18-13(14)10-9-12-7-5-4-6-8-12/h4-10,13-14H,3H2,1-2H3,(H,18,20)/b10-9+. The van der Waals surface area contributed by atoms with E-state index in [1.54, 1.807) is 19.9 Å². The minimum atomic E-state index is -0.581. The lowest BCUT2D eigenvalue weighted by Gasteiger charge is -2.27. The van der Waals surface area contributed by atoms with Crippen LogP contribution in [0.5, 0.6) is 0 Å². The van der Waals surface area contributed by atoms with E-state index < -0.39 is 18.0 Å². The fourth-order valence-corrected chi connectivity index (χ4v) is 2.24. The van der Waals surface area contributed by atoms with Crippen LogP contribution in [0.25, 0.3) is 6.08 Å². The molecule has 5 nitrogen and oxygen atoms in total. The lowest BCUT2D eigenvalue weighted by atomic mass is 9.93. The van der Waals surface area contributed by atoms with Gasteiger partial charge >= 0.3 is 12.0 Å². The first-order valence-corrected chi connectivity index (χ1v) is 6.87. The van der Waals surface area contributed by atoms with Crippen LogP contribution in [-0.4, -0.2) is 30.4 Å². The maximum absolute atomic E-state index is 12.0. The van der Waals surface area contributed by atoms with Crippen LogP contribution < -0.4 is 5.32 Å². The molecule has 1 aliphatic rings. The minimum absolute atomic E-state index is 0.297. The highest BCUT2D eigenvalue weighted by Gasteiger charge is 2.35. The summed E-state index contributed by atoms with van der Waals surface area (Å²) < 4.78 is 5.06. The quantitative estimate of drug-likeness (QED) is 0.864. The van der Waals surface area contributed by atoms with Crippen LogP contribution in [0, 0.1) is 5.92 Å². The summed E-state index contributed by atoms with van der Waals surface area (Å²) in [6.07, 6.45) is 3.67. The molecule has 0 spiro atoms. The van der Waals surface area contributed by atoms with Crippen molar-refractivity contribution in [2.45, 2.75) is 19.9 Å². The number of esters is 1. The summed E-state index contributed by atoms with van der Waals surface area (Å²) in [5.74, 6) is -0.955. The zero-order valence-electron chi connectivity index (χ0n) is 12.1. The van der Waals surface area contributed by atoms with Crippen molar-refractivity contribution in [3.8, 4) is 0 Å². The van der Waals surface area contributed by atoms with E-state index in [0.29, 0.717) is 12.3 Å². The van der Waals surface area contributed by atoms with Gasteiger partial charge in [0, 0.05) is 5.71 Å². The molecule has 1 N–H and O–H groups in total. The Bertz CT molecular complexity index is 578. The number of carbonyl (C=O) groups is 2. The number of ether oxygens (including phenoxy) is 1. The average molecular weight is 286 g/mol. The number of benzene rings is 1. The zero-order valence-corrected chi connectivity index (χ0v) is 12.1. The third-order valence-corrected chi connectivity index (χ3v) is 3.21. The molecule has 0 aromatic heterocycles. The number of nitrogens with one attached hydrogen (secondary N) is 1. The SMILES string of the molecule is CCOC(=O)C1C(C)=NC(=O)NC1/C=C/c1ccccc1. The summed E-state index contributed by atoms with van der Waals surface area (Å²) in [4.78, 5) is 27.4. The van der Waals surface area contributed by atoms with Gasteiger partial charge in [0.2, 0.25) is 0 Å². The Hall–Kier alpha value is -2.43. The topological polar surface area (TPSA) is 67.8 Å². The van der Waals surface area contributed by atoms with Gasteiger partial charge in [0.25, 0.3) is 0 Å². The van der Waals surface area contributed by atoms with E-state index in [0.717, 1.165) is 5.56 Å². The summed E-state index contributed by atoms with van der Waals surface area (Å²) in [5.41, 5.74) is 1.47. The van der Waals surface area contributed by atoms with Gasteiger partial charge in [-0.15, -0.1) is 0 Å². The van der Waals surface area contributed by atoms with Gasteiger partial charge in [-0.3, -0.25) is 4.79 Å². The van der Waals surface area contributed by atoms with Crippen LogP contribution in [0.1, 0.15) is 19.4 Å². The predicted molar refractivity (Wildman–Crippen MR) is 81.0 cm³/mol. The number of nitrogens with zero attached hydrogens (tertiary/aromatic N) is 1. The van der Waals surface area contributed by atoms with Crippen molar-refractivity contribution in [3.05, 3.63) is 42.0 Å². The van der Waals surface area contributed by atoms with E-state index in [4.69, 9.17) is 4.74 Å². The van der Waals surface area contributed by atoms with Gasteiger partial charge in [-0.2, -0.15) is 0 Å². The van der Waals surface area contributed by atoms with Crippen molar-refractivity contribution >= 4 is 23.8 Å². The zero-order chi connectivity index (χ0) is 15.2. The molecule has 2 rings (SSSR count). The molecule has 1 heterocycles. The first-order chi connectivity index (χ1) is 10.1. The molecule has 21 heavy (non-hydrogen) atoms. The van der Waals surface area contributed by atoms with Gasteiger partial charge in [-0.1, -0.05) is 42.5 Å². The van der Waals surface area contributed by atoms with Crippen molar-refractivity contribution in [2.75, 3.05) is 6.61 Å². The Morgan fingerprint density at radius 1 is 1.38 bits per heavy atom. The number of hydrogen-bond donors (Lipinski definition) is 1. The first-order valence-electron chi connectivity index (χ1n) is 6.87. The predicted octanol–water partition coefficient (Wildman–Crippen LogP) is 2.43. The molecule has 2 unspecified atom stereocenters. The molecular weight excluding hydrogens is 268 g/mol. The maximum Gasteiger partial charge on any atom is 0.341 e. The van der Waals surface area contributed by atoms with Gasteiger partial charge < -0.3 is 10.1 Å². The van der Waals surface area contributed by atoms with Crippen LogP contribution in [0.4, 0.5) is 4.79 Å². The molecule has 0 saturated heterocycles. The molecule has 2 atom stereocenters. The highest BCUT2D eigenvalue weighted by atomic mass is 16.5. The summed E-state index contributed by atoms with van der Waals surface area (Å²) in [7, 11) is 0. The minimum Gasteiger partial charge on any atom is -0.465 e. The van der Waals surface area contributed by atoms with Crippen LogP contribution in [0.2, 0.25) is 0 Å². The van der Waals surface area contributed by atoms with Gasteiger partial charge in [-0.05, 0) is 19.4 Å². The van der Waals surface area contributed by atoms with Crippen molar-refractivity contribution in [1.29, 1.82) is 0 Å². The van der Waals surface area contributed by atoms with Gasteiger partial charge in [0.05, 0.1) is 12.6 Å². The Balaban J connectivity index is 2.22. The fraction of sp³-hybridized carbons (Fsp3) is 0.312.